The van der Waals surface area contributed by atoms with Crippen molar-refractivity contribution in [2.45, 2.75) is 32.2 Å². The van der Waals surface area contributed by atoms with Gasteiger partial charge >= 0.3 is 12.0 Å². The van der Waals surface area contributed by atoms with Gasteiger partial charge in [-0.2, -0.15) is 0 Å². The van der Waals surface area contributed by atoms with Crippen LogP contribution in [-0.2, 0) is 19.4 Å². The van der Waals surface area contributed by atoms with E-state index in [4.69, 9.17) is 5.11 Å². The summed E-state index contributed by atoms with van der Waals surface area (Å²) in [6, 6.07) is -1.09. The molecular weight excluding hydrogens is 300 g/mol. The number of aliphatic carboxylic acids is 1. The summed E-state index contributed by atoms with van der Waals surface area (Å²) in [6.07, 6.45) is 0.128. The highest BCUT2D eigenvalue weighted by Crippen LogP contribution is 2.16. The number of amides is 3. The van der Waals surface area contributed by atoms with E-state index in [9.17, 15) is 22.8 Å². The Labute approximate surface area is 123 Å². The van der Waals surface area contributed by atoms with Crippen LogP contribution in [0.15, 0.2) is 0 Å². The maximum Gasteiger partial charge on any atom is 0.324 e. The first-order chi connectivity index (χ1) is 9.60. The van der Waals surface area contributed by atoms with Crippen LogP contribution in [0.25, 0.3) is 0 Å². The molecule has 1 rings (SSSR count). The van der Waals surface area contributed by atoms with E-state index in [2.05, 4.69) is 5.32 Å². The highest BCUT2D eigenvalue weighted by Gasteiger charge is 2.33. The lowest BCUT2D eigenvalue weighted by molar-refractivity contribution is -0.138. The molecule has 1 fully saturated rings. The fourth-order valence-corrected chi connectivity index (χ4v) is 3.97. The number of sulfone groups is 1. The molecule has 0 aliphatic carbocycles. The standard InChI is InChI=1S/C12H20N2O6S/c1-8(6-11(16)17)5-10(15)13-12(18)14(2)9-3-4-21(19,20)7-9/h8-9H,3-7H2,1-2H3,(H,16,17)(H,13,15,18). The Bertz CT molecular complexity index is 530. The second-order valence-corrected chi connectivity index (χ2v) is 7.66. The lowest BCUT2D eigenvalue weighted by Gasteiger charge is -2.23. The number of hydrogen-bond donors (Lipinski definition) is 2. The van der Waals surface area contributed by atoms with E-state index in [0.29, 0.717) is 6.42 Å². The second-order valence-electron chi connectivity index (χ2n) is 5.43. The molecule has 21 heavy (non-hydrogen) atoms. The van der Waals surface area contributed by atoms with Gasteiger partial charge in [0, 0.05) is 25.9 Å². The maximum absolute atomic E-state index is 11.8. The maximum atomic E-state index is 11.8. The summed E-state index contributed by atoms with van der Waals surface area (Å²) in [5.74, 6) is -2.01. The Morgan fingerprint density at radius 2 is 1.95 bits per heavy atom. The lowest BCUT2D eigenvalue weighted by Crippen LogP contribution is -2.46. The van der Waals surface area contributed by atoms with Gasteiger partial charge in [0.05, 0.1) is 11.5 Å². The van der Waals surface area contributed by atoms with E-state index in [1.54, 1.807) is 6.92 Å². The smallest absolute Gasteiger partial charge is 0.324 e. The second kappa shape index (κ2) is 6.88. The Balaban J connectivity index is 2.45. The first kappa shape index (κ1) is 17.4. The van der Waals surface area contributed by atoms with Crippen LogP contribution < -0.4 is 5.32 Å². The van der Waals surface area contributed by atoms with Crippen molar-refractivity contribution in [1.29, 1.82) is 0 Å². The summed E-state index contributed by atoms with van der Waals surface area (Å²) in [7, 11) is -1.67. The predicted molar refractivity (Wildman–Crippen MR) is 74.4 cm³/mol. The summed E-state index contributed by atoms with van der Waals surface area (Å²) >= 11 is 0. The van der Waals surface area contributed by atoms with Crippen LogP contribution in [0, 0.1) is 5.92 Å². The van der Waals surface area contributed by atoms with Gasteiger partial charge in [0.2, 0.25) is 5.91 Å². The molecule has 1 aliphatic rings. The van der Waals surface area contributed by atoms with E-state index in [1.165, 1.54) is 11.9 Å². The largest absolute Gasteiger partial charge is 0.481 e. The van der Waals surface area contributed by atoms with Crippen LogP contribution in [0.4, 0.5) is 4.79 Å². The molecule has 0 saturated carbocycles. The third kappa shape index (κ3) is 5.70. The van der Waals surface area contributed by atoms with Gasteiger partial charge in [-0.3, -0.25) is 14.9 Å². The number of carboxylic acid groups (broad SMARTS) is 1. The summed E-state index contributed by atoms with van der Waals surface area (Å²) in [5.41, 5.74) is 0. The molecule has 0 bridgehead atoms. The van der Waals surface area contributed by atoms with Crippen LogP contribution in [0.5, 0.6) is 0 Å². The van der Waals surface area contributed by atoms with Crippen LogP contribution in [-0.4, -0.2) is 60.9 Å². The van der Waals surface area contributed by atoms with Crippen LogP contribution >= 0.6 is 0 Å². The minimum atomic E-state index is -3.11. The van der Waals surface area contributed by atoms with Gasteiger partial charge in [0.25, 0.3) is 0 Å². The Hall–Kier alpha value is -1.64. The van der Waals surface area contributed by atoms with Crippen molar-refractivity contribution in [2.24, 2.45) is 5.92 Å². The monoisotopic (exact) mass is 320 g/mol. The summed E-state index contributed by atoms with van der Waals surface area (Å²) in [4.78, 5) is 35.2. The summed E-state index contributed by atoms with van der Waals surface area (Å²) in [5, 5.41) is 10.7. The van der Waals surface area contributed by atoms with Crippen LogP contribution in [0.3, 0.4) is 0 Å². The van der Waals surface area contributed by atoms with Crippen molar-refractivity contribution >= 4 is 27.7 Å². The Morgan fingerprint density at radius 3 is 2.43 bits per heavy atom. The number of carboxylic acids is 1. The van der Waals surface area contributed by atoms with Gasteiger partial charge in [0.1, 0.15) is 0 Å². The zero-order valence-electron chi connectivity index (χ0n) is 12.0. The number of imide groups is 1. The highest BCUT2D eigenvalue weighted by molar-refractivity contribution is 7.91. The summed E-state index contributed by atoms with van der Waals surface area (Å²) < 4.78 is 22.7. The van der Waals surface area contributed by atoms with Gasteiger partial charge < -0.3 is 10.0 Å². The normalized spacial score (nSPS) is 21.5. The van der Waals surface area contributed by atoms with Crippen molar-refractivity contribution in [3.05, 3.63) is 0 Å². The zero-order valence-corrected chi connectivity index (χ0v) is 12.9. The number of hydrogen-bond acceptors (Lipinski definition) is 5. The average molecular weight is 320 g/mol. The molecule has 2 atom stereocenters. The molecule has 1 aliphatic heterocycles. The summed E-state index contributed by atoms with van der Waals surface area (Å²) in [6.45, 7) is 1.60. The Kier molecular flexibility index (Phi) is 5.70. The molecule has 120 valence electrons. The van der Waals surface area contributed by atoms with Gasteiger partial charge in [-0.15, -0.1) is 0 Å². The molecule has 1 heterocycles. The lowest BCUT2D eigenvalue weighted by atomic mass is 10.0. The zero-order chi connectivity index (χ0) is 16.2. The first-order valence-corrected chi connectivity index (χ1v) is 8.41. The van der Waals surface area contributed by atoms with Crippen molar-refractivity contribution in [3.63, 3.8) is 0 Å². The number of nitrogens with zero attached hydrogens (tertiary/aromatic N) is 1. The Morgan fingerprint density at radius 1 is 1.33 bits per heavy atom. The van der Waals surface area contributed by atoms with Crippen LogP contribution in [0.1, 0.15) is 26.2 Å². The van der Waals surface area contributed by atoms with E-state index < -0.39 is 33.8 Å². The van der Waals surface area contributed by atoms with Crippen LogP contribution in [0.2, 0.25) is 0 Å². The number of carbonyl (C=O) groups excluding carboxylic acids is 2. The molecule has 0 aromatic rings. The van der Waals surface area contributed by atoms with Crippen molar-refractivity contribution < 1.29 is 27.9 Å². The highest BCUT2D eigenvalue weighted by atomic mass is 32.2. The first-order valence-electron chi connectivity index (χ1n) is 6.59. The number of rotatable bonds is 5. The third-order valence-corrected chi connectivity index (χ3v) is 5.13. The molecule has 2 unspecified atom stereocenters. The topological polar surface area (TPSA) is 121 Å². The molecule has 0 aromatic carbocycles. The van der Waals surface area contributed by atoms with Crippen molar-refractivity contribution in [2.75, 3.05) is 18.6 Å². The third-order valence-electron chi connectivity index (χ3n) is 3.38. The molecule has 2 N–H and O–H groups in total. The molecule has 0 spiro atoms. The van der Waals surface area contributed by atoms with Gasteiger partial charge in [-0.1, -0.05) is 6.92 Å². The SMILES string of the molecule is CC(CC(=O)O)CC(=O)NC(=O)N(C)C1CCS(=O)(=O)C1. The van der Waals surface area contributed by atoms with Crippen molar-refractivity contribution in [1.82, 2.24) is 10.2 Å². The minimum absolute atomic E-state index is 0.0406. The predicted octanol–water partition coefficient (Wildman–Crippen LogP) is -0.158. The molecule has 1 saturated heterocycles. The fourth-order valence-electron chi connectivity index (χ4n) is 2.19. The average Bonchev–Trinajstić information content (AvgIpc) is 2.66. The molecule has 3 amide bonds. The number of urea groups is 1. The minimum Gasteiger partial charge on any atom is -0.481 e. The molecule has 0 radical (unpaired) electrons. The van der Waals surface area contributed by atoms with E-state index >= 15 is 0 Å². The van der Waals surface area contributed by atoms with Gasteiger partial charge in [-0.25, -0.2) is 13.2 Å². The number of nitrogens with one attached hydrogen (secondary N) is 1. The quantitative estimate of drug-likeness (QED) is 0.726. The molecule has 8 nitrogen and oxygen atoms in total. The molecular formula is C12H20N2O6S. The fraction of sp³-hybridized carbons (Fsp3) is 0.750. The van der Waals surface area contributed by atoms with E-state index in [-0.39, 0.29) is 30.3 Å². The van der Waals surface area contributed by atoms with Gasteiger partial charge in [-0.05, 0) is 12.3 Å². The number of carbonyl (C=O) groups is 3. The molecule has 9 heteroatoms. The van der Waals surface area contributed by atoms with E-state index in [1.807, 2.05) is 0 Å². The van der Waals surface area contributed by atoms with E-state index in [0.717, 1.165) is 0 Å². The molecule has 0 aromatic heterocycles. The van der Waals surface area contributed by atoms with Gasteiger partial charge in [0.15, 0.2) is 9.84 Å². The van der Waals surface area contributed by atoms with Crippen molar-refractivity contribution in [3.8, 4) is 0 Å².